The van der Waals surface area contributed by atoms with Crippen LogP contribution in [0.3, 0.4) is 0 Å². The molecule has 0 bridgehead atoms. The van der Waals surface area contributed by atoms with E-state index >= 15 is 0 Å². The lowest BCUT2D eigenvalue weighted by Crippen LogP contribution is -2.37. The van der Waals surface area contributed by atoms with Gasteiger partial charge in [0.1, 0.15) is 5.82 Å². The third kappa shape index (κ3) is 3.48. The third-order valence-corrected chi connectivity index (χ3v) is 4.10. The van der Waals surface area contributed by atoms with Crippen LogP contribution in [0, 0.1) is 0 Å². The SMILES string of the molecule is CCCN(N)c1nc(CC)n(-c2c(CC)cccc2CC)c(=O)n1. The van der Waals surface area contributed by atoms with Gasteiger partial charge < -0.3 is 0 Å². The van der Waals surface area contributed by atoms with Gasteiger partial charge in [-0.15, -0.1) is 0 Å². The topological polar surface area (TPSA) is 77.0 Å². The van der Waals surface area contributed by atoms with Crippen molar-refractivity contribution in [2.75, 3.05) is 11.6 Å². The Kier molecular flexibility index (Phi) is 6.09. The molecule has 0 saturated carbocycles. The van der Waals surface area contributed by atoms with Crippen LogP contribution >= 0.6 is 0 Å². The molecular formula is C18H27N5O. The minimum Gasteiger partial charge on any atom is -0.279 e. The maximum Gasteiger partial charge on any atom is 0.356 e. The molecule has 0 amide bonds. The normalized spacial score (nSPS) is 10.9. The van der Waals surface area contributed by atoms with Crippen molar-refractivity contribution < 1.29 is 0 Å². The van der Waals surface area contributed by atoms with Crippen LogP contribution in [0.2, 0.25) is 0 Å². The van der Waals surface area contributed by atoms with Gasteiger partial charge in [-0.1, -0.05) is 45.9 Å². The van der Waals surface area contributed by atoms with Crippen LogP contribution in [0.5, 0.6) is 0 Å². The highest BCUT2D eigenvalue weighted by Crippen LogP contribution is 2.21. The molecule has 0 aliphatic heterocycles. The fourth-order valence-electron chi connectivity index (χ4n) is 2.87. The van der Waals surface area contributed by atoms with Gasteiger partial charge in [-0.05, 0) is 30.4 Å². The van der Waals surface area contributed by atoms with Crippen molar-refractivity contribution in [2.24, 2.45) is 5.84 Å². The molecule has 130 valence electrons. The molecule has 6 nitrogen and oxygen atoms in total. The Morgan fingerprint density at radius 3 is 2.17 bits per heavy atom. The molecule has 1 aromatic carbocycles. The molecule has 6 heteroatoms. The number of anilines is 1. The number of benzene rings is 1. The van der Waals surface area contributed by atoms with Crippen molar-refractivity contribution in [1.29, 1.82) is 0 Å². The Bertz CT molecular complexity index is 731. The Morgan fingerprint density at radius 2 is 1.67 bits per heavy atom. The first-order chi connectivity index (χ1) is 11.6. The van der Waals surface area contributed by atoms with E-state index in [9.17, 15) is 4.79 Å². The predicted molar refractivity (Wildman–Crippen MR) is 97.6 cm³/mol. The van der Waals surface area contributed by atoms with E-state index in [0.29, 0.717) is 24.7 Å². The van der Waals surface area contributed by atoms with Crippen molar-refractivity contribution >= 4 is 5.95 Å². The molecule has 0 saturated heterocycles. The number of hydrogen-bond donors (Lipinski definition) is 1. The van der Waals surface area contributed by atoms with E-state index in [4.69, 9.17) is 5.84 Å². The maximum atomic E-state index is 12.8. The van der Waals surface area contributed by atoms with Crippen molar-refractivity contribution in [3.05, 3.63) is 45.6 Å². The van der Waals surface area contributed by atoms with Crippen molar-refractivity contribution in [3.8, 4) is 5.69 Å². The number of aromatic nitrogens is 3. The molecule has 0 aliphatic carbocycles. The zero-order valence-electron chi connectivity index (χ0n) is 15.0. The average molecular weight is 329 g/mol. The molecule has 0 fully saturated rings. The van der Waals surface area contributed by atoms with Gasteiger partial charge in [0.2, 0.25) is 5.95 Å². The van der Waals surface area contributed by atoms with Gasteiger partial charge in [0, 0.05) is 13.0 Å². The highest BCUT2D eigenvalue weighted by atomic mass is 16.1. The third-order valence-electron chi connectivity index (χ3n) is 4.10. The van der Waals surface area contributed by atoms with Crippen LogP contribution in [0.4, 0.5) is 5.95 Å². The van der Waals surface area contributed by atoms with Gasteiger partial charge in [0.15, 0.2) is 0 Å². The van der Waals surface area contributed by atoms with Crippen molar-refractivity contribution in [2.45, 2.75) is 53.4 Å². The summed E-state index contributed by atoms with van der Waals surface area (Å²) in [6.07, 6.45) is 3.19. The number of para-hydroxylation sites is 1. The van der Waals surface area contributed by atoms with E-state index in [1.54, 1.807) is 4.57 Å². The van der Waals surface area contributed by atoms with Gasteiger partial charge in [-0.2, -0.15) is 9.97 Å². The van der Waals surface area contributed by atoms with E-state index in [-0.39, 0.29) is 5.69 Å². The number of hydrazine groups is 1. The van der Waals surface area contributed by atoms with Gasteiger partial charge in [0.25, 0.3) is 0 Å². The van der Waals surface area contributed by atoms with Crippen molar-refractivity contribution in [1.82, 2.24) is 14.5 Å². The zero-order chi connectivity index (χ0) is 17.7. The first kappa shape index (κ1) is 18.1. The maximum absolute atomic E-state index is 12.8. The zero-order valence-corrected chi connectivity index (χ0v) is 15.0. The van der Waals surface area contributed by atoms with E-state index in [1.165, 1.54) is 5.01 Å². The monoisotopic (exact) mass is 329 g/mol. The highest BCUT2D eigenvalue weighted by molar-refractivity contribution is 5.49. The molecule has 0 radical (unpaired) electrons. The summed E-state index contributed by atoms with van der Waals surface area (Å²) in [5, 5.41) is 1.44. The molecular weight excluding hydrogens is 302 g/mol. The van der Waals surface area contributed by atoms with Gasteiger partial charge in [0.05, 0.1) is 5.69 Å². The molecule has 2 rings (SSSR count). The number of nitrogens with zero attached hydrogens (tertiary/aromatic N) is 4. The van der Waals surface area contributed by atoms with E-state index in [2.05, 4.69) is 35.9 Å². The second-order valence-electron chi connectivity index (χ2n) is 5.74. The largest absolute Gasteiger partial charge is 0.356 e. The number of rotatable bonds is 7. The smallest absolute Gasteiger partial charge is 0.279 e. The number of aryl methyl sites for hydroxylation is 3. The average Bonchev–Trinajstić information content (AvgIpc) is 2.60. The summed E-state index contributed by atoms with van der Waals surface area (Å²) in [4.78, 5) is 21.5. The second kappa shape index (κ2) is 8.06. The molecule has 2 N–H and O–H groups in total. The molecule has 1 heterocycles. The minimum atomic E-state index is -0.320. The highest BCUT2D eigenvalue weighted by Gasteiger charge is 2.17. The standard InChI is InChI=1S/C18H27N5O/c1-5-12-22(19)17-20-15(8-4)23(18(24)21-17)16-13(6-2)10-9-11-14(16)7-3/h9-11H,5-8,12,19H2,1-4H3. The first-order valence-corrected chi connectivity index (χ1v) is 8.70. The summed E-state index contributed by atoms with van der Waals surface area (Å²) in [5.74, 6) is 6.94. The molecule has 0 spiro atoms. The van der Waals surface area contributed by atoms with Crippen LogP contribution < -0.4 is 16.5 Å². The van der Waals surface area contributed by atoms with E-state index in [0.717, 1.165) is 36.1 Å². The Hall–Kier alpha value is -2.21. The lowest BCUT2D eigenvalue weighted by atomic mass is 10.0. The summed E-state index contributed by atoms with van der Waals surface area (Å²) in [7, 11) is 0. The van der Waals surface area contributed by atoms with Crippen LogP contribution in [0.1, 0.15) is 51.1 Å². The quantitative estimate of drug-likeness (QED) is 0.623. The first-order valence-electron chi connectivity index (χ1n) is 8.70. The molecule has 0 unspecified atom stereocenters. The summed E-state index contributed by atoms with van der Waals surface area (Å²) in [6.45, 7) is 8.80. The van der Waals surface area contributed by atoms with Gasteiger partial charge in [-0.25, -0.2) is 15.2 Å². The second-order valence-corrected chi connectivity index (χ2v) is 5.74. The summed E-state index contributed by atoms with van der Waals surface area (Å²) < 4.78 is 1.65. The molecule has 1 aromatic heterocycles. The molecule has 0 atom stereocenters. The molecule has 2 aromatic rings. The summed E-state index contributed by atoms with van der Waals surface area (Å²) >= 11 is 0. The van der Waals surface area contributed by atoms with Gasteiger partial charge >= 0.3 is 5.69 Å². The Morgan fingerprint density at radius 1 is 1.04 bits per heavy atom. The fourth-order valence-corrected chi connectivity index (χ4v) is 2.87. The van der Waals surface area contributed by atoms with Gasteiger partial charge in [-0.3, -0.25) is 5.01 Å². The number of hydrogen-bond acceptors (Lipinski definition) is 5. The molecule has 0 aliphatic rings. The van der Waals surface area contributed by atoms with Crippen LogP contribution in [0.15, 0.2) is 23.0 Å². The van der Waals surface area contributed by atoms with E-state index < -0.39 is 0 Å². The van der Waals surface area contributed by atoms with Crippen molar-refractivity contribution in [3.63, 3.8) is 0 Å². The molecule has 24 heavy (non-hydrogen) atoms. The van der Waals surface area contributed by atoms with Crippen LogP contribution in [0.25, 0.3) is 5.69 Å². The number of nitrogens with two attached hydrogens (primary N) is 1. The van der Waals surface area contributed by atoms with Crippen LogP contribution in [-0.2, 0) is 19.3 Å². The lowest BCUT2D eigenvalue weighted by molar-refractivity contribution is 0.708. The van der Waals surface area contributed by atoms with E-state index in [1.807, 2.05) is 19.9 Å². The Balaban J connectivity index is 2.70. The predicted octanol–water partition coefficient (Wildman–Crippen LogP) is 2.40. The lowest BCUT2D eigenvalue weighted by Gasteiger charge is -2.20. The summed E-state index contributed by atoms with van der Waals surface area (Å²) in [6, 6.07) is 6.15. The summed E-state index contributed by atoms with van der Waals surface area (Å²) in [5.41, 5.74) is 2.86. The van der Waals surface area contributed by atoms with Crippen LogP contribution in [-0.4, -0.2) is 21.1 Å². The minimum absolute atomic E-state index is 0.293. The fraction of sp³-hybridized carbons (Fsp3) is 0.500. The Labute approximate surface area is 143 Å².